The van der Waals surface area contributed by atoms with Crippen LogP contribution in [0.5, 0.6) is 5.75 Å². The molecule has 2 N–H and O–H groups in total. The van der Waals surface area contributed by atoms with Crippen LogP contribution < -0.4 is 15.5 Å². The number of carbonyl (C=O) groups excluding carboxylic acids is 2. The van der Waals surface area contributed by atoms with Crippen LogP contribution in [0.3, 0.4) is 0 Å². The molecule has 33 heavy (non-hydrogen) atoms. The number of hydrogen-bond donors (Lipinski definition) is 2. The number of thiophene rings is 1. The van der Waals surface area contributed by atoms with E-state index in [0.717, 1.165) is 48.3 Å². The van der Waals surface area contributed by atoms with Gasteiger partial charge in [0.25, 0.3) is 0 Å². The van der Waals surface area contributed by atoms with E-state index in [1.165, 1.54) is 18.3 Å². The molecule has 4 rings (SSSR count). The predicted octanol–water partition coefficient (Wildman–Crippen LogP) is 5.21. The molecule has 2 atom stereocenters. The van der Waals surface area contributed by atoms with Crippen LogP contribution in [0.1, 0.15) is 49.8 Å². The van der Waals surface area contributed by atoms with Gasteiger partial charge in [0.1, 0.15) is 5.75 Å². The number of amides is 2. The lowest BCUT2D eigenvalue weighted by Gasteiger charge is -2.35. The van der Waals surface area contributed by atoms with Crippen molar-refractivity contribution >= 4 is 35.1 Å². The highest BCUT2D eigenvalue weighted by Crippen LogP contribution is 2.50. The molecule has 0 spiro atoms. The average molecular weight is 491 g/mol. The number of nitrogens with one attached hydrogen (secondary N) is 2. The number of ether oxygens (including phenoxy) is 2. The van der Waals surface area contributed by atoms with Gasteiger partial charge in [0.05, 0.1) is 4.75 Å². The normalized spacial score (nSPS) is 23.0. The predicted molar refractivity (Wildman–Crippen MR) is 130 cm³/mol. The van der Waals surface area contributed by atoms with Crippen LogP contribution in [0.25, 0.3) is 10.4 Å². The van der Waals surface area contributed by atoms with Crippen LogP contribution in [0, 0.1) is 0 Å². The second-order valence-corrected chi connectivity index (χ2v) is 10.8. The molecule has 2 saturated heterocycles. The number of benzene rings is 1. The Morgan fingerprint density at radius 2 is 1.97 bits per heavy atom. The highest BCUT2D eigenvalue weighted by molar-refractivity contribution is 8.00. The number of rotatable bonds is 7. The molecule has 0 radical (unpaired) electrons. The Morgan fingerprint density at radius 1 is 1.12 bits per heavy atom. The fraction of sp³-hybridized carbons (Fsp3) is 0.500. The summed E-state index contributed by atoms with van der Waals surface area (Å²) in [6.07, 6.45) is 5.68. The Morgan fingerprint density at radius 3 is 2.67 bits per heavy atom. The molecule has 7 nitrogen and oxygen atoms in total. The maximum atomic E-state index is 12.8. The van der Waals surface area contributed by atoms with Crippen molar-refractivity contribution in [3.05, 3.63) is 41.3 Å². The third kappa shape index (κ3) is 6.29. The van der Waals surface area contributed by atoms with E-state index in [1.807, 2.05) is 23.9 Å². The minimum atomic E-state index is -0.491. The first-order valence-electron chi connectivity index (χ1n) is 11.4. The van der Waals surface area contributed by atoms with Gasteiger partial charge in [-0.05, 0) is 73.4 Å². The highest BCUT2D eigenvalue weighted by atomic mass is 32.2. The van der Waals surface area contributed by atoms with E-state index in [4.69, 9.17) is 14.3 Å². The van der Waals surface area contributed by atoms with Crippen LogP contribution >= 0.6 is 23.1 Å². The van der Waals surface area contributed by atoms with Gasteiger partial charge in [-0.15, -0.1) is 23.1 Å². The molecule has 0 aliphatic carbocycles. The zero-order valence-corrected chi connectivity index (χ0v) is 20.4. The minimum absolute atomic E-state index is 0.107. The second kappa shape index (κ2) is 11.4. The molecular formula is C24H30N2O5S2. The van der Waals surface area contributed by atoms with Crippen LogP contribution in [-0.4, -0.2) is 37.7 Å². The quantitative estimate of drug-likeness (QED) is 0.518. The average Bonchev–Trinajstić information content (AvgIpc) is 3.36. The SMILES string of the molecule is CNC(=O)Oc1ccc(-c2ccc([C@@]3(CC(=O)NOC4CCCCO4)CCCCS3)s2)cc1. The summed E-state index contributed by atoms with van der Waals surface area (Å²) in [6.45, 7) is 0.678. The Kier molecular flexibility index (Phi) is 8.29. The topological polar surface area (TPSA) is 85.9 Å². The van der Waals surface area contributed by atoms with Gasteiger partial charge in [-0.3, -0.25) is 4.79 Å². The fourth-order valence-electron chi connectivity index (χ4n) is 4.09. The van der Waals surface area contributed by atoms with Gasteiger partial charge in [0.15, 0.2) is 6.29 Å². The van der Waals surface area contributed by atoms with Gasteiger partial charge in [-0.25, -0.2) is 15.1 Å². The van der Waals surface area contributed by atoms with Gasteiger partial charge >= 0.3 is 6.09 Å². The van der Waals surface area contributed by atoms with Crippen molar-refractivity contribution in [2.75, 3.05) is 19.4 Å². The van der Waals surface area contributed by atoms with Gasteiger partial charge in [-0.1, -0.05) is 6.42 Å². The summed E-state index contributed by atoms with van der Waals surface area (Å²) in [4.78, 5) is 32.1. The number of thioether (sulfide) groups is 1. The van der Waals surface area contributed by atoms with Crippen molar-refractivity contribution in [1.29, 1.82) is 0 Å². The van der Waals surface area contributed by atoms with E-state index in [9.17, 15) is 9.59 Å². The maximum Gasteiger partial charge on any atom is 0.412 e. The van der Waals surface area contributed by atoms with Crippen molar-refractivity contribution in [3.63, 3.8) is 0 Å². The summed E-state index contributed by atoms with van der Waals surface area (Å²) in [5.74, 6) is 1.43. The molecule has 2 aliphatic heterocycles. The van der Waals surface area contributed by atoms with E-state index in [-0.39, 0.29) is 16.9 Å². The summed E-state index contributed by atoms with van der Waals surface area (Å²) < 4.78 is 10.5. The maximum absolute atomic E-state index is 12.8. The third-order valence-corrected chi connectivity index (χ3v) is 8.93. The first-order chi connectivity index (χ1) is 16.1. The van der Waals surface area contributed by atoms with E-state index in [1.54, 1.807) is 23.5 Å². The molecule has 1 aromatic heterocycles. The standard InChI is InChI=1S/C24H30N2O5S2/c1-25-23(28)30-18-9-7-17(8-10-18)19-11-12-20(33-19)24(13-3-5-15-32-24)16-21(27)26-31-22-6-2-4-14-29-22/h7-12,22H,2-6,13-16H2,1H3,(H,25,28)(H,26,27)/t22?,24-/m0/s1. The second-order valence-electron chi connectivity index (χ2n) is 8.24. The Labute approximate surface area is 202 Å². The van der Waals surface area contributed by atoms with E-state index in [0.29, 0.717) is 18.8 Å². The summed E-state index contributed by atoms with van der Waals surface area (Å²) in [7, 11) is 1.53. The highest BCUT2D eigenvalue weighted by Gasteiger charge is 2.38. The van der Waals surface area contributed by atoms with Crippen LogP contribution in [0.2, 0.25) is 0 Å². The molecule has 9 heteroatoms. The Balaban J connectivity index is 1.44. The summed E-state index contributed by atoms with van der Waals surface area (Å²) >= 11 is 3.59. The molecular weight excluding hydrogens is 460 g/mol. The molecule has 2 aromatic rings. The van der Waals surface area contributed by atoms with Gasteiger partial charge < -0.3 is 14.8 Å². The number of hydrogen-bond acceptors (Lipinski definition) is 7. The van der Waals surface area contributed by atoms with Gasteiger partial charge in [0.2, 0.25) is 5.91 Å². The molecule has 2 fully saturated rings. The molecule has 3 heterocycles. The zero-order chi connectivity index (χ0) is 23.1. The molecule has 0 saturated carbocycles. The lowest BCUT2D eigenvalue weighted by Crippen LogP contribution is -2.37. The first-order valence-corrected chi connectivity index (χ1v) is 13.2. The van der Waals surface area contributed by atoms with Crippen LogP contribution in [0.15, 0.2) is 36.4 Å². The Bertz CT molecular complexity index is 935. The minimum Gasteiger partial charge on any atom is -0.410 e. The largest absolute Gasteiger partial charge is 0.412 e. The fourth-order valence-corrected chi connectivity index (χ4v) is 6.98. The lowest BCUT2D eigenvalue weighted by molar-refractivity contribution is -0.200. The van der Waals surface area contributed by atoms with Crippen molar-refractivity contribution in [2.45, 2.75) is 56.0 Å². The van der Waals surface area contributed by atoms with Crippen LogP contribution in [-0.2, 0) is 19.1 Å². The molecule has 1 unspecified atom stereocenters. The number of carbonyl (C=O) groups is 2. The van der Waals surface area contributed by atoms with Crippen LogP contribution in [0.4, 0.5) is 4.79 Å². The summed E-state index contributed by atoms with van der Waals surface area (Å²) in [6, 6.07) is 11.7. The molecule has 1 aromatic carbocycles. The van der Waals surface area contributed by atoms with E-state index >= 15 is 0 Å². The number of hydroxylamine groups is 1. The van der Waals surface area contributed by atoms with Crippen molar-refractivity contribution < 1.29 is 23.9 Å². The molecule has 2 amide bonds. The lowest BCUT2D eigenvalue weighted by atomic mass is 9.94. The van der Waals surface area contributed by atoms with Gasteiger partial charge in [0, 0.05) is 36.3 Å². The zero-order valence-electron chi connectivity index (χ0n) is 18.8. The van der Waals surface area contributed by atoms with Crippen molar-refractivity contribution in [1.82, 2.24) is 10.8 Å². The first kappa shape index (κ1) is 24.1. The molecule has 0 bridgehead atoms. The van der Waals surface area contributed by atoms with Crippen molar-refractivity contribution in [2.24, 2.45) is 0 Å². The Hall–Kier alpha value is -2.07. The molecule has 2 aliphatic rings. The monoisotopic (exact) mass is 490 g/mol. The van der Waals surface area contributed by atoms with Gasteiger partial charge in [-0.2, -0.15) is 0 Å². The molecule has 178 valence electrons. The summed E-state index contributed by atoms with van der Waals surface area (Å²) in [5, 5.41) is 2.44. The third-order valence-electron chi connectivity index (χ3n) is 5.85. The van der Waals surface area contributed by atoms with E-state index in [2.05, 4.69) is 22.9 Å². The van der Waals surface area contributed by atoms with Crippen molar-refractivity contribution in [3.8, 4) is 16.2 Å². The smallest absolute Gasteiger partial charge is 0.410 e. The summed E-state index contributed by atoms with van der Waals surface area (Å²) in [5.41, 5.74) is 3.69. The van der Waals surface area contributed by atoms with E-state index < -0.39 is 6.09 Å².